The van der Waals surface area contributed by atoms with Gasteiger partial charge < -0.3 is 20.9 Å². The van der Waals surface area contributed by atoms with Gasteiger partial charge in [-0.3, -0.25) is 14.6 Å². The zero-order valence-corrected chi connectivity index (χ0v) is 25.0. The van der Waals surface area contributed by atoms with E-state index in [-0.39, 0.29) is 17.9 Å². The first-order valence-corrected chi connectivity index (χ1v) is 15.4. The molecule has 7 nitrogen and oxygen atoms in total. The van der Waals surface area contributed by atoms with Crippen molar-refractivity contribution in [2.75, 3.05) is 29.1 Å². The molecule has 1 aliphatic heterocycles. The summed E-state index contributed by atoms with van der Waals surface area (Å²) in [7, 11) is 2.10. The number of halogens is 1. The van der Waals surface area contributed by atoms with E-state index in [0.29, 0.717) is 22.2 Å². The molecule has 0 bridgehead atoms. The van der Waals surface area contributed by atoms with Gasteiger partial charge >= 0.3 is 0 Å². The molecule has 1 aliphatic carbocycles. The van der Waals surface area contributed by atoms with Crippen LogP contribution in [0.1, 0.15) is 77.3 Å². The van der Waals surface area contributed by atoms with Crippen LogP contribution in [0.4, 0.5) is 17.1 Å². The van der Waals surface area contributed by atoms with Gasteiger partial charge in [0, 0.05) is 36.0 Å². The lowest BCUT2D eigenvalue weighted by Crippen LogP contribution is -2.44. The van der Waals surface area contributed by atoms with Gasteiger partial charge in [-0.1, -0.05) is 37.3 Å². The van der Waals surface area contributed by atoms with Gasteiger partial charge in [-0.2, -0.15) is 0 Å². The van der Waals surface area contributed by atoms with E-state index in [4.69, 9.17) is 11.6 Å². The molecule has 5 rings (SSSR count). The largest absolute Gasteiger partial charge is 0.376 e. The van der Waals surface area contributed by atoms with Crippen molar-refractivity contribution in [2.45, 2.75) is 70.9 Å². The summed E-state index contributed by atoms with van der Waals surface area (Å²) < 4.78 is 0. The van der Waals surface area contributed by atoms with E-state index in [2.05, 4.69) is 45.0 Å². The number of aromatic nitrogens is 1. The Morgan fingerprint density at radius 3 is 2.75 bits per heavy atom. The van der Waals surface area contributed by atoms with Crippen molar-refractivity contribution < 1.29 is 9.59 Å². The normalized spacial score (nSPS) is 16.8. The van der Waals surface area contributed by atoms with Gasteiger partial charge in [-0.15, -0.1) is 11.3 Å². The predicted molar refractivity (Wildman–Crippen MR) is 165 cm³/mol. The molecule has 2 atom stereocenters. The van der Waals surface area contributed by atoms with Gasteiger partial charge in [0.2, 0.25) is 5.91 Å². The summed E-state index contributed by atoms with van der Waals surface area (Å²) in [6.45, 7) is 5.02. The third-order valence-corrected chi connectivity index (χ3v) is 9.54. The van der Waals surface area contributed by atoms with Crippen molar-refractivity contribution in [3.8, 4) is 0 Å². The zero-order chi connectivity index (χ0) is 28.2. The lowest BCUT2D eigenvalue weighted by Gasteiger charge is -2.28. The van der Waals surface area contributed by atoms with Crippen LogP contribution in [0.3, 0.4) is 0 Å². The molecule has 0 unspecified atom stereocenters. The number of rotatable bonds is 9. The van der Waals surface area contributed by atoms with E-state index >= 15 is 0 Å². The van der Waals surface area contributed by atoms with Crippen LogP contribution in [0, 0.1) is 12.8 Å². The first-order chi connectivity index (χ1) is 19.3. The van der Waals surface area contributed by atoms with Gasteiger partial charge in [0.05, 0.1) is 27.3 Å². The Morgan fingerprint density at radius 2 is 1.95 bits per heavy atom. The highest BCUT2D eigenvalue weighted by molar-refractivity contribution is 7.14. The van der Waals surface area contributed by atoms with E-state index in [0.717, 1.165) is 54.2 Å². The van der Waals surface area contributed by atoms with E-state index in [1.807, 2.05) is 38.1 Å². The minimum Gasteiger partial charge on any atom is -0.376 e. The number of pyridine rings is 1. The minimum absolute atomic E-state index is 0.0360. The lowest BCUT2D eigenvalue weighted by atomic mass is 9.97. The molecule has 0 spiro atoms. The number of anilines is 3. The van der Waals surface area contributed by atoms with Gasteiger partial charge in [-0.25, -0.2) is 0 Å². The summed E-state index contributed by atoms with van der Waals surface area (Å²) in [5, 5.41) is 10.2. The third kappa shape index (κ3) is 6.78. The summed E-state index contributed by atoms with van der Waals surface area (Å²) in [6, 6.07) is 11.1. The van der Waals surface area contributed by atoms with Crippen LogP contribution in [0.25, 0.3) is 0 Å². The number of amides is 2. The van der Waals surface area contributed by atoms with Crippen LogP contribution in [0.5, 0.6) is 0 Å². The Labute approximate surface area is 245 Å². The van der Waals surface area contributed by atoms with E-state index in [1.54, 1.807) is 6.20 Å². The van der Waals surface area contributed by atoms with E-state index < -0.39 is 6.04 Å². The minimum atomic E-state index is -0.587. The highest BCUT2D eigenvalue weighted by atomic mass is 35.5. The molecule has 0 radical (unpaired) electrons. The molecular formula is C31H38ClN5O2S. The van der Waals surface area contributed by atoms with Crippen molar-refractivity contribution in [3.05, 3.63) is 68.6 Å². The molecule has 1 saturated carbocycles. The summed E-state index contributed by atoms with van der Waals surface area (Å²) in [4.78, 5) is 35.1. The summed E-state index contributed by atoms with van der Waals surface area (Å²) >= 11 is 7.56. The maximum atomic E-state index is 13.5. The molecule has 0 saturated heterocycles. The smallest absolute Gasteiger partial charge is 0.262 e. The zero-order valence-electron chi connectivity index (χ0n) is 23.4. The fraction of sp³-hybridized carbons (Fsp3) is 0.452. The van der Waals surface area contributed by atoms with E-state index in [9.17, 15) is 9.59 Å². The van der Waals surface area contributed by atoms with Crippen LogP contribution < -0.4 is 20.9 Å². The standard InChI is InChI=1S/C31H38ClN5O2S/c1-19-25(17-23(32)18-33-19)34-20(2)28-12-13-29(40-28)31(39)36-26(15-21-7-4-5-8-21)30(38)35-24-10-11-27-22(16-24)9-6-14-37(27)3/h10-13,16-18,20-21,26,34H,4-9,14-15H2,1-3H3,(H,35,38)(H,36,39)/t20-,26-/m0/s1. The Hall–Kier alpha value is -3.10. The Morgan fingerprint density at radius 1 is 1.15 bits per heavy atom. The van der Waals surface area contributed by atoms with Gasteiger partial charge in [0.15, 0.2) is 0 Å². The molecule has 212 valence electrons. The van der Waals surface area contributed by atoms with Crippen LogP contribution in [-0.2, 0) is 11.2 Å². The molecule has 1 fully saturated rings. The van der Waals surface area contributed by atoms with Crippen molar-refractivity contribution in [1.29, 1.82) is 0 Å². The third-order valence-electron chi connectivity index (χ3n) is 8.07. The predicted octanol–water partition coefficient (Wildman–Crippen LogP) is 6.98. The quantitative estimate of drug-likeness (QED) is 0.255. The molecule has 9 heteroatoms. The molecule has 2 aromatic heterocycles. The fourth-order valence-electron chi connectivity index (χ4n) is 5.80. The van der Waals surface area contributed by atoms with Crippen LogP contribution in [0.15, 0.2) is 42.6 Å². The second-order valence-electron chi connectivity index (χ2n) is 11.1. The van der Waals surface area contributed by atoms with Gasteiger partial charge in [-0.05, 0) is 81.0 Å². The number of carbonyl (C=O) groups is 2. The average molecular weight is 580 g/mol. The number of hydrogen-bond donors (Lipinski definition) is 3. The van der Waals surface area contributed by atoms with Crippen molar-refractivity contribution >= 4 is 51.8 Å². The van der Waals surface area contributed by atoms with Gasteiger partial charge in [0.1, 0.15) is 6.04 Å². The summed E-state index contributed by atoms with van der Waals surface area (Å²) in [6.07, 6.45) is 8.98. The van der Waals surface area contributed by atoms with Crippen LogP contribution in [-0.4, -0.2) is 36.4 Å². The Kier molecular flexibility index (Phi) is 8.96. The average Bonchev–Trinajstić information content (AvgIpc) is 3.63. The van der Waals surface area contributed by atoms with E-state index in [1.165, 1.54) is 35.4 Å². The maximum absolute atomic E-state index is 13.5. The van der Waals surface area contributed by atoms with Crippen molar-refractivity contribution in [1.82, 2.24) is 10.3 Å². The number of thiophene rings is 1. The number of nitrogens with one attached hydrogen (secondary N) is 3. The molecule has 2 amide bonds. The number of nitrogens with zero attached hydrogens (tertiary/aromatic N) is 2. The SMILES string of the molecule is Cc1ncc(Cl)cc1N[C@@H](C)c1ccc(C(=O)N[C@@H](CC2CCCC2)C(=O)Nc2ccc3c(c2)CCCN3C)s1. The highest BCUT2D eigenvalue weighted by Crippen LogP contribution is 2.32. The highest BCUT2D eigenvalue weighted by Gasteiger charge is 2.28. The number of hydrogen-bond acceptors (Lipinski definition) is 6. The molecule has 1 aromatic carbocycles. The first kappa shape index (κ1) is 28.4. The maximum Gasteiger partial charge on any atom is 0.262 e. The molecule has 3 heterocycles. The molecule has 2 aliphatic rings. The molecule has 3 N–H and O–H groups in total. The lowest BCUT2D eigenvalue weighted by molar-refractivity contribution is -0.118. The second-order valence-corrected chi connectivity index (χ2v) is 12.7. The number of benzene rings is 1. The molecule has 40 heavy (non-hydrogen) atoms. The van der Waals surface area contributed by atoms with Crippen LogP contribution in [0.2, 0.25) is 5.02 Å². The number of carbonyl (C=O) groups excluding carboxylic acids is 2. The Balaban J connectivity index is 1.27. The van der Waals surface area contributed by atoms with Crippen molar-refractivity contribution in [2.24, 2.45) is 5.92 Å². The Bertz CT molecular complexity index is 1370. The second kappa shape index (κ2) is 12.6. The fourth-order valence-corrected chi connectivity index (χ4v) is 6.87. The van der Waals surface area contributed by atoms with Crippen LogP contribution >= 0.6 is 22.9 Å². The van der Waals surface area contributed by atoms with Crippen molar-refractivity contribution in [3.63, 3.8) is 0 Å². The van der Waals surface area contributed by atoms with Gasteiger partial charge in [0.25, 0.3) is 5.91 Å². The number of aryl methyl sites for hydroxylation is 2. The summed E-state index contributed by atoms with van der Waals surface area (Å²) in [5.41, 5.74) is 4.98. The first-order valence-electron chi connectivity index (χ1n) is 14.2. The molecular weight excluding hydrogens is 542 g/mol. The monoisotopic (exact) mass is 579 g/mol. The summed E-state index contributed by atoms with van der Waals surface area (Å²) in [5.74, 6) is 0.0836. The number of fused-ring (bicyclic) bond motifs is 1. The molecule has 3 aromatic rings. The topological polar surface area (TPSA) is 86.4 Å².